The summed E-state index contributed by atoms with van der Waals surface area (Å²) in [5.74, 6) is 0.383. The molecule has 76 valence electrons. The number of amidine groups is 1. The Bertz CT molecular complexity index is 193. The van der Waals surface area contributed by atoms with Crippen molar-refractivity contribution in [1.29, 1.82) is 5.41 Å². The van der Waals surface area contributed by atoms with Gasteiger partial charge in [0.05, 0.1) is 0 Å². The van der Waals surface area contributed by atoms with E-state index in [1.165, 1.54) is 0 Å². The van der Waals surface area contributed by atoms with E-state index in [1.807, 2.05) is 13.8 Å². The van der Waals surface area contributed by atoms with Crippen molar-refractivity contribution in [2.45, 2.75) is 44.9 Å². The average molecular weight is 185 g/mol. The maximum absolute atomic E-state index is 9.48. The van der Waals surface area contributed by atoms with E-state index >= 15 is 0 Å². The fourth-order valence-electron chi connectivity index (χ4n) is 1.68. The minimum Gasteiger partial charge on any atom is -0.385 e. The number of aliphatic hydroxyl groups excluding tert-OH is 1. The van der Waals surface area contributed by atoms with E-state index in [0.29, 0.717) is 0 Å². The summed E-state index contributed by atoms with van der Waals surface area (Å²) in [6, 6.07) is 0.412. The lowest BCUT2D eigenvalue weighted by molar-refractivity contribution is 0.179. The number of rotatable bonds is 3. The Labute approximate surface area is 79.0 Å². The molecule has 5 N–H and O–H groups in total. The normalized spacial score (nSPS) is 36.0. The van der Waals surface area contributed by atoms with Crippen molar-refractivity contribution >= 4 is 5.84 Å². The summed E-state index contributed by atoms with van der Waals surface area (Å²) in [6.07, 6.45) is 1.25. The molecular weight excluding hydrogens is 166 g/mol. The summed E-state index contributed by atoms with van der Waals surface area (Å²) in [5, 5.41) is 19.9. The van der Waals surface area contributed by atoms with E-state index in [4.69, 9.17) is 11.1 Å². The Morgan fingerprint density at radius 2 is 2.31 bits per heavy atom. The van der Waals surface area contributed by atoms with Crippen LogP contribution in [0.15, 0.2) is 0 Å². The summed E-state index contributed by atoms with van der Waals surface area (Å²) < 4.78 is 0. The van der Waals surface area contributed by atoms with Gasteiger partial charge in [-0.25, -0.2) is 0 Å². The van der Waals surface area contributed by atoms with Crippen molar-refractivity contribution in [1.82, 2.24) is 5.32 Å². The Balaban J connectivity index is 2.40. The predicted molar refractivity (Wildman–Crippen MR) is 52.7 cm³/mol. The first kappa shape index (κ1) is 10.5. The summed E-state index contributed by atoms with van der Waals surface area (Å²) >= 11 is 0. The zero-order valence-electron chi connectivity index (χ0n) is 8.25. The first-order valence-electron chi connectivity index (χ1n) is 4.81. The highest BCUT2D eigenvalue weighted by molar-refractivity contribution is 5.86. The number of hydrogen-bond acceptors (Lipinski definition) is 3. The van der Waals surface area contributed by atoms with Crippen LogP contribution in [-0.2, 0) is 0 Å². The third-order valence-corrected chi connectivity index (χ3v) is 2.70. The maximum Gasteiger partial charge on any atom is 0.123 e. The van der Waals surface area contributed by atoms with Crippen LogP contribution in [-0.4, -0.2) is 29.1 Å². The molecule has 0 amide bonds. The molecule has 1 saturated heterocycles. The number of nitrogens with one attached hydrogen (secondary N) is 2. The minimum atomic E-state index is -0.613. The van der Waals surface area contributed by atoms with E-state index in [2.05, 4.69) is 5.32 Å². The molecule has 0 aromatic carbocycles. The van der Waals surface area contributed by atoms with Gasteiger partial charge in [0, 0.05) is 18.0 Å². The van der Waals surface area contributed by atoms with Gasteiger partial charge < -0.3 is 16.2 Å². The average Bonchev–Trinajstić information content (AvgIpc) is 2.29. The van der Waals surface area contributed by atoms with Gasteiger partial charge >= 0.3 is 0 Å². The molecule has 0 aromatic rings. The van der Waals surface area contributed by atoms with Crippen LogP contribution in [0.1, 0.15) is 26.7 Å². The molecule has 4 atom stereocenters. The van der Waals surface area contributed by atoms with Crippen molar-refractivity contribution in [2.75, 3.05) is 0 Å². The molecule has 13 heavy (non-hydrogen) atoms. The van der Waals surface area contributed by atoms with Crippen LogP contribution in [0.4, 0.5) is 0 Å². The van der Waals surface area contributed by atoms with Crippen LogP contribution in [0.3, 0.4) is 0 Å². The van der Waals surface area contributed by atoms with Crippen LogP contribution in [0.25, 0.3) is 0 Å². The van der Waals surface area contributed by atoms with Crippen molar-refractivity contribution < 1.29 is 5.11 Å². The smallest absolute Gasteiger partial charge is 0.123 e. The summed E-state index contributed by atoms with van der Waals surface area (Å²) in [5.41, 5.74) is 5.64. The van der Waals surface area contributed by atoms with E-state index in [1.54, 1.807) is 0 Å². The van der Waals surface area contributed by atoms with Crippen molar-refractivity contribution in [3.05, 3.63) is 0 Å². The number of aliphatic hydroxyl groups is 1. The van der Waals surface area contributed by atoms with Gasteiger partial charge in [0.15, 0.2) is 0 Å². The molecule has 1 aliphatic heterocycles. The molecule has 1 heterocycles. The SMILES string of the molecule is CC(N)CC[C@@H]1NC(=N)[C@H](O)[C@@H]1C. The van der Waals surface area contributed by atoms with Crippen molar-refractivity contribution in [3.63, 3.8) is 0 Å². The molecule has 0 aromatic heterocycles. The number of nitrogens with two attached hydrogens (primary N) is 1. The fourth-order valence-corrected chi connectivity index (χ4v) is 1.68. The standard InChI is InChI=1S/C9H19N3O/c1-5(10)3-4-7-6(2)8(13)9(11)12-7/h5-8,13H,3-4,10H2,1-2H3,(H2,11,12)/t5?,6-,7+,8-/m1/s1. The van der Waals surface area contributed by atoms with Gasteiger partial charge in [-0.2, -0.15) is 0 Å². The number of hydrogen-bond donors (Lipinski definition) is 4. The van der Waals surface area contributed by atoms with Gasteiger partial charge in [-0.15, -0.1) is 0 Å². The van der Waals surface area contributed by atoms with Crippen LogP contribution in [0.5, 0.6) is 0 Å². The largest absolute Gasteiger partial charge is 0.385 e. The lowest BCUT2D eigenvalue weighted by atomic mass is 9.95. The van der Waals surface area contributed by atoms with Gasteiger partial charge in [-0.3, -0.25) is 5.41 Å². The molecule has 1 fully saturated rings. The second-order valence-electron chi connectivity index (χ2n) is 4.02. The lowest BCUT2D eigenvalue weighted by Crippen LogP contribution is -2.30. The van der Waals surface area contributed by atoms with Gasteiger partial charge in [-0.1, -0.05) is 6.92 Å². The molecular formula is C9H19N3O. The van der Waals surface area contributed by atoms with Crippen LogP contribution in [0.2, 0.25) is 0 Å². The highest BCUT2D eigenvalue weighted by Gasteiger charge is 2.34. The molecule has 0 saturated carbocycles. The van der Waals surface area contributed by atoms with Gasteiger partial charge in [0.2, 0.25) is 0 Å². The van der Waals surface area contributed by atoms with E-state index in [0.717, 1.165) is 12.8 Å². The van der Waals surface area contributed by atoms with Crippen LogP contribution in [0, 0.1) is 11.3 Å². The zero-order valence-corrected chi connectivity index (χ0v) is 8.25. The van der Waals surface area contributed by atoms with E-state index in [9.17, 15) is 5.11 Å². The quantitative estimate of drug-likeness (QED) is 0.502. The Kier molecular flexibility index (Phi) is 3.27. The Hall–Kier alpha value is -0.610. The fraction of sp³-hybridized carbons (Fsp3) is 0.889. The molecule has 4 heteroatoms. The molecule has 0 bridgehead atoms. The third-order valence-electron chi connectivity index (χ3n) is 2.70. The molecule has 1 unspecified atom stereocenters. The Morgan fingerprint density at radius 3 is 2.69 bits per heavy atom. The van der Waals surface area contributed by atoms with Crippen LogP contribution < -0.4 is 11.1 Å². The van der Waals surface area contributed by atoms with Gasteiger partial charge in [-0.05, 0) is 19.8 Å². The highest BCUT2D eigenvalue weighted by Crippen LogP contribution is 2.20. The second kappa shape index (κ2) is 4.07. The minimum absolute atomic E-state index is 0.131. The molecule has 0 spiro atoms. The Morgan fingerprint density at radius 1 is 1.69 bits per heavy atom. The molecule has 1 aliphatic rings. The summed E-state index contributed by atoms with van der Waals surface area (Å²) in [7, 11) is 0. The van der Waals surface area contributed by atoms with Crippen molar-refractivity contribution in [3.8, 4) is 0 Å². The third kappa shape index (κ3) is 2.42. The molecule has 1 rings (SSSR count). The lowest BCUT2D eigenvalue weighted by Gasteiger charge is -2.16. The van der Waals surface area contributed by atoms with Crippen molar-refractivity contribution in [2.24, 2.45) is 11.7 Å². The summed E-state index contributed by atoms with van der Waals surface area (Å²) in [6.45, 7) is 3.94. The van der Waals surface area contributed by atoms with E-state index < -0.39 is 6.10 Å². The monoisotopic (exact) mass is 185 g/mol. The first-order valence-corrected chi connectivity index (χ1v) is 4.81. The highest BCUT2D eigenvalue weighted by atomic mass is 16.3. The van der Waals surface area contributed by atoms with Gasteiger partial charge in [0.1, 0.15) is 11.9 Å². The molecule has 0 radical (unpaired) electrons. The zero-order chi connectivity index (χ0) is 10.0. The van der Waals surface area contributed by atoms with Crippen LogP contribution >= 0.6 is 0 Å². The predicted octanol–water partition coefficient (Wildman–Crippen LogP) is 0.0599. The molecule has 4 nitrogen and oxygen atoms in total. The first-order chi connectivity index (χ1) is 6.02. The van der Waals surface area contributed by atoms with Gasteiger partial charge in [0.25, 0.3) is 0 Å². The second-order valence-corrected chi connectivity index (χ2v) is 4.02. The topological polar surface area (TPSA) is 82.1 Å². The maximum atomic E-state index is 9.48. The van der Waals surface area contributed by atoms with E-state index in [-0.39, 0.29) is 23.8 Å². The summed E-state index contributed by atoms with van der Waals surface area (Å²) in [4.78, 5) is 0. The molecule has 0 aliphatic carbocycles.